The monoisotopic (exact) mass is 395 g/mol. The second-order valence-corrected chi connectivity index (χ2v) is 6.55. The average molecular weight is 395 g/mol. The van der Waals surface area contributed by atoms with Gasteiger partial charge in [0.05, 0.1) is 12.2 Å². The van der Waals surface area contributed by atoms with Crippen molar-refractivity contribution in [1.82, 2.24) is 5.16 Å². The van der Waals surface area contributed by atoms with Crippen LogP contribution in [0.15, 0.2) is 53.1 Å². The normalized spacial score (nSPS) is 12.0. The molecule has 0 amide bonds. The largest absolute Gasteiger partial charge is 0.494 e. The number of benzene rings is 2. The van der Waals surface area contributed by atoms with Crippen LogP contribution in [0.3, 0.4) is 0 Å². The van der Waals surface area contributed by atoms with Gasteiger partial charge in [-0.05, 0) is 48.9 Å². The minimum atomic E-state index is -0.433. The van der Waals surface area contributed by atoms with Crippen molar-refractivity contribution in [2.45, 2.75) is 26.4 Å². The lowest BCUT2D eigenvalue weighted by Crippen LogP contribution is -2.05. The van der Waals surface area contributed by atoms with Crippen molar-refractivity contribution < 1.29 is 28.3 Å². The number of esters is 1. The molecule has 0 bridgehead atoms. The molecule has 0 fully saturated rings. The highest BCUT2D eigenvalue weighted by atomic mass is 16.7. The van der Waals surface area contributed by atoms with E-state index in [2.05, 4.69) is 12.1 Å². The van der Waals surface area contributed by atoms with Crippen molar-refractivity contribution in [3.8, 4) is 28.6 Å². The SMILES string of the molecule is CCCCOc1ccc(C(=O)OCc2cc(-c3ccc4c(c3)OCO4)on2)cc1. The lowest BCUT2D eigenvalue weighted by atomic mass is 10.1. The van der Waals surface area contributed by atoms with E-state index >= 15 is 0 Å². The number of rotatable bonds is 8. The Bertz CT molecular complexity index is 979. The van der Waals surface area contributed by atoms with Crippen LogP contribution in [0.25, 0.3) is 11.3 Å². The summed E-state index contributed by atoms with van der Waals surface area (Å²) in [5.41, 5.74) is 1.77. The molecule has 1 aliphatic heterocycles. The standard InChI is InChI=1S/C22H21NO6/c1-2-3-10-25-18-7-4-15(5-8-18)22(24)26-13-17-12-20(29-23-17)16-6-9-19-21(11-16)28-14-27-19/h4-9,11-12H,2-3,10,13-14H2,1H3. The Hall–Kier alpha value is -3.48. The maximum Gasteiger partial charge on any atom is 0.338 e. The Morgan fingerprint density at radius 3 is 2.72 bits per heavy atom. The lowest BCUT2D eigenvalue weighted by molar-refractivity contribution is 0.0464. The number of carbonyl (C=O) groups is 1. The Morgan fingerprint density at radius 1 is 1.07 bits per heavy atom. The highest BCUT2D eigenvalue weighted by molar-refractivity contribution is 5.89. The van der Waals surface area contributed by atoms with Crippen LogP contribution in [0, 0.1) is 0 Å². The van der Waals surface area contributed by atoms with Gasteiger partial charge in [-0.2, -0.15) is 0 Å². The molecule has 0 spiro atoms. The zero-order valence-electron chi connectivity index (χ0n) is 16.1. The fraction of sp³-hybridized carbons (Fsp3) is 0.273. The second kappa shape index (κ2) is 8.68. The molecule has 0 atom stereocenters. The summed E-state index contributed by atoms with van der Waals surface area (Å²) in [5, 5.41) is 3.96. The molecule has 0 radical (unpaired) electrons. The molecule has 29 heavy (non-hydrogen) atoms. The number of nitrogens with zero attached hydrogens (tertiary/aromatic N) is 1. The summed E-state index contributed by atoms with van der Waals surface area (Å²) in [4.78, 5) is 12.2. The maximum atomic E-state index is 12.2. The summed E-state index contributed by atoms with van der Waals surface area (Å²) in [7, 11) is 0. The van der Waals surface area contributed by atoms with E-state index in [1.165, 1.54) is 0 Å². The topological polar surface area (TPSA) is 80.0 Å². The molecule has 0 aliphatic carbocycles. The molecular weight excluding hydrogens is 374 g/mol. The summed E-state index contributed by atoms with van der Waals surface area (Å²) < 4.78 is 26.9. The number of ether oxygens (including phenoxy) is 4. The Balaban J connectivity index is 1.33. The summed E-state index contributed by atoms with van der Waals surface area (Å²) >= 11 is 0. The lowest BCUT2D eigenvalue weighted by Gasteiger charge is -2.06. The predicted octanol–water partition coefficient (Wildman–Crippen LogP) is 4.61. The van der Waals surface area contributed by atoms with Crippen molar-refractivity contribution in [2.24, 2.45) is 0 Å². The molecule has 1 aliphatic rings. The highest BCUT2D eigenvalue weighted by Crippen LogP contribution is 2.36. The summed E-state index contributed by atoms with van der Waals surface area (Å²) in [6.45, 7) is 3.00. The van der Waals surface area contributed by atoms with Gasteiger partial charge in [0.25, 0.3) is 0 Å². The number of carbonyl (C=O) groups excluding carboxylic acids is 1. The van der Waals surface area contributed by atoms with E-state index in [1.807, 2.05) is 18.2 Å². The van der Waals surface area contributed by atoms with Crippen LogP contribution in [0.5, 0.6) is 17.2 Å². The first kappa shape index (κ1) is 18.9. The second-order valence-electron chi connectivity index (χ2n) is 6.55. The third-order valence-corrected chi connectivity index (χ3v) is 4.42. The fourth-order valence-electron chi connectivity index (χ4n) is 2.81. The van der Waals surface area contributed by atoms with E-state index in [0.29, 0.717) is 35.1 Å². The third-order valence-electron chi connectivity index (χ3n) is 4.42. The molecule has 3 aromatic rings. The van der Waals surface area contributed by atoms with Crippen molar-refractivity contribution in [1.29, 1.82) is 0 Å². The molecule has 4 rings (SSSR count). The highest BCUT2D eigenvalue weighted by Gasteiger charge is 2.16. The van der Waals surface area contributed by atoms with Crippen LogP contribution in [-0.2, 0) is 11.3 Å². The van der Waals surface area contributed by atoms with Crippen molar-refractivity contribution in [2.75, 3.05) is 13.4 Å². The van der Waals surface area contributed by atoms with Crippen LogP contribution in [-0.4, -0.2) is 24.5 Å². The van der Waals surface area contributed by atoms with Gasteiger partial charge in [0.1, 0.15) is 18.1 Å². The molecule has 2 aromatic carbocycles. The first-order valence-electron chi connectivity index (χ1n) is 9.48. The minimum Gasteiger partial charge on any atom is -0.494 e. The average Bonchev–Trinajstić information content (AvgIpc) is 3.41. The molecule has 0 unspecified atom stereocenters. The van der Waals surface area contributed by atoms with Gasteiger partial charge < -0.3 is 23.5 Å². The molecule has 2 heterocycles. The van der Waals surface area contributed by atoms with Gasteiger partial charge in [0.2, 0.25) is 6.79 Å². The van der Waals surface area contributed by atoms with E-state index in [4.69, 9.17) is 23.5 Å². The van der Waals surface area contributed by atoms with Gasteiger partial charge in [-0.3, -0.25) is 0 Å². The maximum absolute atomic E-state index is 12.2. The summed E-state index contributed by atoms with van der Waals surface area (Å²) in [6, 6.07) is 14.1. The van der Waals surface area contributed by atoms with E-state index in [0.717, 1.165) is 24.2 Å². The number of fused-ring (bicyclic) bond motifs is 1. The van der Waals surface area contributed by atoms with E-state index in [9.17, 15) is 4.79 Å². The molecule has 1 aromatic heterocycles. The Morgan fingerprint density at radius 2 is 1.90 bits per heavy atom. The summed E-state index contributed by atoms with van der Waals surface area (Å²) in [5.74, 6) is 2.22. The van der Waals surface area contributed by atoms with Crippen LogP contribution >= 0.6 is 0 Å². The van der Waals surface area contributed by atoms with Crippen LogP contribution in [0.4, 0.5) is 0 Å². The van der Waals surface area contributed by atoms with Gasteiger partial charge in [0.15, 0.2) is 17.3 Å². The number of unbranched alkanes of at least 4 members (excludes halogenated alkanes) is 1. The van der Waals surface area contributed by atoms with Gasteiger partial charge in [0, 0.05) is 11.6 Å². The predicted molar refractivity (Wildman–Crippen MR) is 104 cm³/mol. The van der Waals surface area contributed by atoms with Crippen molar-refractivity contribution in [3.05, 3.63) is 59.8 Å². The van der Waals surface area contributed by atoms with Crippen molar-refractivity contribution in [3.63, 3.8) is 0 Å². The molecule has 0 saturated heterocycles. The number of aromatic nitrogens is 1. The van der Waals surface area contributed by atoms with E-state index < -0.39 is 5.97 Å². The van der Waals surface area contributed by atoms with Crippen LogP contribution in [0.2, 0.25) is 0 Å². The van der Waals surface area contributed by atoms with Crippen LogP contribution < -0.4 is 14.2 Å². The Kier molecular flexibility index (Phi) is 5.65. The minimum absolute atomic E-state index is 0.0155. The molecular formula is C22H21NO6. The first-order valence-corrected chi connectivity index (χ1v) is 9.48. The third kappa shape index (κ3) is 4.51. The Labute approximate surface area is 168 Å². The van der Waals surface area contributed by atoms with Crippen LogP contribution in [0.1, 0.15) is 35.8 Å². The smallest absolute Gasteiger partial charge is 0.338 e. The molecule has 7 nitrogen and oxygen atoms in total. The zero-order chi connectivity index (χ0) is 20.1. The fourth-order valence-corrected chi connectivity index (χ4v) is 2.81. The molecule has 150 valence electrons. The van der Waals surface area contributed by atoms with E-state index in [-0.39, 0.29) is 13.4 Å². The van der Waals surface area contributed by atoms with Gasteiger partial charge >= 0.3 is 5.97 Å². The van der Waals surface area contributed by atoms with Crippen molar-refractivity contribution >= 4 is 5.97 Å². The zero-order valence-corrected chi connectivity index (χ0v) is 16.1. The van der Waals surface area contributed by atoms with E-state index in [1.54, 1.807) is 30.3 Å². The number of hydrogen-bond donors (Lipinski definition) is 0. The number of hydrogen-bond acceptors (Lipinski definition) is 7. The quantitative estimate of drug-likeness (QED) is 0.407. The molecule has 7 heteroatoms. The van der Waals surface area contributed by atoms with Gasteiger partial charge in [-0.1, -0.05) is 18.5 Å². The molecule has 0 N–H and O–H groups in total. The van der Waals surface area contributed by atoms with Gasteiger partial charge in [-0.25, -0.2) is 4.79 Å². The summed E-state index contributed by atoms with van der Waals surface area (Å²) in [6.07, 6.45) is 2.07. The van der Waals surface area contributed by atoms with Gasteiger partial charge in [-0.15, -0.1) is 0 Å². The first-order chi connectivity index (χ1) is 14.2. The molecule has 0 saturated carbocycles.